The first-order valence-corrected chi connectivity index (χ1v) is 8.63. The molecule has 6 heteroatoms. The van der Waals surface area contributed by atoms with E-state index in [0.717, 1.165) is 24.2 Å². The van der Waals surface area contributed by atoms with Crippen LogP contribution in [-0.2, 0) is 4.79 Å². The molecule has 0 radical (unpaired) electrons. The molecule has 3 rings (SSSR count). The van der Waals surface area contributed by atoms with Gasteiger partial charge in [-0.15, -0.1) is 0 Å². The Morgan fingerprint density at radius 3 is 2.50 bits per heavy atom. The summed E-state index contributed by atoms with van der Waals surface area (Å²) >= 11 is 12.3. The highest BCUT2D eigenvalue weighted by Crippen LogP contribution is 2.34. The molecule has 126 valence electrons. The predicted octanol–water partition coefficient (Wildman–Crippen LogP) is 4.27. The number of nitrogens with zero attached hydrogens (tertiary/aromatic N) is 2. The number of carbonyl (C=O) groups is 1. The van der Waals surface area contributed by atoms with Crippen molar-refractivity contribution in [1.29, 1.82) is 0 Å². The maximum absolute atomic E-state index is 11.2. The first-order chi connectivity index (χ1) is 11.6. The number of aliphatic carboxylic acids is 1. The van der Waals surface area contributed by atoms with Gasteiger partial charge >= 0.3 is 5.97 Å². The topological polar surface area (TPSA) is 53.4 Å². The van der Waals surface area contributed by atoms with E-state index in [1.54, 1.807) is 12.3 Å². The summed E-state index contributed by atoms with van der Waals surface area (Å²) in [6.45, 7) is 1.44. The normalized spacial score (nSPS) is 17.6. The molecule has 0 saturated carbocycles. The summed E-state index contributed by atoms with van der Waals surface area (Å²) in [5.41, 5.74) is 2.09. The van der Waals surface area contributed by atoms with E-state index in [9.17, 15) is 9.90 Å². The van der Waals surface area contributed by atoms with Crippen LogP contribution in [0.3, 0.4) is 0 Å². The lowest BCUT2D eigenvalue weighted by Crippen LogP contribution is -2.39. The Labute approximate surface area is 151 Å². The molecule has 24 heavy (non-hydrogen) atoms. The molecule has 1 fully saturated rings. The summed E-state index contributed by atoms with van der Waals surface area (Å²) in [5.74, 6) is -0.966. The summed E-state index contributed by atoms with van der Waals surface area (Å²) in [4.78, 5) is 17.7. The number of hydrogen-bond donors (Lipinski definition) is 1. The van der Waals surface area contributed by atoms with Gasteiger partial charge in [0.15, 0.2) is 0 Å². The van der Waals surface area contributed by atoms with E-state index in [2.05, 4.69) is 9.88 Å². The van der Waals surface area contributed by atoms with Gasteiger partial charge in [0.2, 0.25) is 0 Å². The molecule has 0 amide bonds. The van der Waals surface area contributed by atoms with E-state index in [-0.39, 0.29) is 12.0 Å². The van der Waals surface area contributed by atoms with Crippen molar-refractivity contribution in [1.82, 2.24) is 9.88 Å². The van der Waals surface area contributed by atoms with Crippen molar-refractivity contribution in [3.05, 3.63) is 63.9 Å². The molecule has 0 aliphatic carbocycles. The number of carboxylic acid groups (broad SMARTS) is 1. The third-order valence-electron chi connectivity index (χ3n) is 4.50. The molecular formula is C18H18Cl2N2O2. The summed E-state index contributed by atoms with van der Waals surface area (Å²) < 4.78 is 0. The van der Waals surface area contributed by atoms with Crippen LogP contribution in [0.15, 0.2) is 42.7 Å². The van der Waals surface area contributed by atoms with Gasteiger partial charge in [0.25, 0.3) is 0 Å². The number of likely N-dealkylation sites (tertiary alicyclic amines) is 1. The highest BCUT2D eigenvalue weighted by molar-refractivity contribution is 6.42. The van der Waals surface area contributed by atoms with Gasteiger partial charge in [0, 0.05) is 12.4 Å². The number of carboxylic acids is 1. The Morgan fingerprint density at radius 2 is 1.92 bits per heavy atom. The first-order valence-electron chi connectivity index (χ1n) is 7.88. The van der Waals surface area contributed by atoms with Gasteiger partial charge in [-0.2, -0.15) is 0 Å². The lowest BCUT2D eigenvalue weighted by Gasteiger charge is -2.37. The highest BCUT2D eigenvalue weighted by Gasteiger charge is 2.30. The molecule has 1 atom stereocenters. The second-order valence-corrected chi connectivity index (χ2v) is 6.83. The van der Waals surface area contributed by atoms with Crippen LogP contribution >= 0.6 is 23.2 Å². The Bertz CT molecular complexity index is 716. The molecule has 1 aliphatic rings. The van der Waals surface area contributed by atoms with Crippen LogP contribution in [-0.4, -0.2) is 34.0 Å². The minimum absolute atomic E-state index is 0.0109. The summed E-state index contributed by atoms with van der Waals surface area (Å²) in [7, 11) is 0. The predicted molar refractivity (Wildman–Crippen MR) is 94.5 cm³/mol. The van der Waals surface area contributed by atoms with Crippen LogP contribution in [0.5, 0.6) is 0 Å². The van der Waals surface area contributed by atoms with Crippen molar-refractivity contribution >= 4 is 29.2 Å². The minimum atomic E-state index is -0.706. The lowest BCUT2D eigenvalue weighted by atomic mass is 9.92. The number of piperidine rings is 1. The molecule has 4 nitrogen and oxygen atoms in total. The zero-order chi connectivity index (χ0) is 17.1. The Kier molecular flexibility index (Phi) is 5.39. The van der Waals surface area contributed by atoms with Gasteiger partial charge in [-0.25, -0.2) is 0 Å². The van der Waals surface area contributed by atoms with Crippen molar-refractivity contribution in [2.75, 3.05) is 13.1 Å². The van der Waals surface area contributed by atoms with Gasteiger partial charge in [0.05, 0.1) is 22.0 Å². The number of pyridine rings is 1. The molecule has 1 aromatic carbocycles. The molecule has 2 aromatic rings. The van der Waals surface area contributed by atoms with E-state index >= 15 is 0 Å². The van der Waals surface area contributed by atoms with Crippen molar-refractivity contribution in [2.45, 2.75) is 18.9 Å². The fourth-order valence-corrected chi connectivity index (χ4v) is 3.55. The van der Waals surface area contributed by atoms with E-state index in [1.807, 2.05) is 30.5 Å². The molecule has 0 bridgehead atoms. The summed E-state index contributed by atoms with van der Waals surface area (Å²) in [5, 5.41) is 10.2. The van der Waals surface area contributed by atoms with Crippen LogP contribution in [0, 0.1) is 5.92 Å². The third kappa shape index (κ3) is 3.72. The second kappa shape index (κ2) is 7.51. The SMILES string of the molecule is O=C(O)C1CCN(C(c2cccnc2)c2ccc(Cl)c(Cl)c2)CC1. The van der Waals surface area contributed by atoms with E-state index in [4.69, 9.17) is 23.2 Å². The monoisotopic (exact) mass is 364 g/mol. The number of benzene rings is 1. The average molecular weight is 365 g/mol. The van der Waals surface area contributed by atoms with Crippen molar-refractivity contribution < 1.29 is 9.90 Å². The van der Waals surface area contributed by atoms with Crippen LogP contribution in [0.2, 0.25) is 10.0 Å². The smallest absolute Gasteiger partial charge is 0.306 e. The van der Waals surface area contributed by atoms with Crippen molar-refractivity contribution in [3.8, 4) is 0 Å². The molecule has 1 aliphatic heterocycles. The summed E-state index contributed by atoms with van der Waals surface area (Å²) in [6.07, 6.45) is 4.88. The molecule has 1 aromatic heterocycles. The molecule has 0 spiro atoms. The Hall–Kier alpha value is -1.62. The van der Waals surface area contributed by atoms with E-state index in [1.165, 1.54) is 0 Å². The quantitative estimate of drug-likeness (QED) is 0.879. The van der Waals surface area contributed by atoms with E-state index < -0.39 is 5.97 Å². The van der Waals surface area contributed by atoms with Gasteiger partial charge in [-0.1, -0.05) is 35.3 Å². The molecular weight excluding hydrogens is 347 g/mol. The van der Waals surface area contributed by atoms with Crippen molar-refractivity contribution in [2.24, 2.45) is 5.92 Å². The molecule has 2 heterocycles. The summed E-state index contributed by atoms with van der Waals surface area (Å²) in [6, 6.07) is 9.57. The third-order valence-corrected chi connectivity index (χ3v) is 5.24. The second-order valence-electron chi connectivity index (χ2n) is 6.01. The largest absolute Gasteiger partial charge is 0.481 e. The molecule has 1 unspecified atom stereocenters. The van der Waals surface area contributed by atoms with Gasteiger partial charge in [-0.05, 0) is 55.3 Å². The zero-order valence-electron chi connectivity index (χ0n) is 13.0. The number of rotatable bonds is 4. The van der Waals surface area contributed by atoms with Gasteiger partial charge in [0.1, 0.15) is 0 Å². The fraction of sp³-hybridized carbons (Fsp3) is 0.333. The van der Waals surface area contributed by atoms with Crippen LogP contribution in [0.25, 0.3) is 0 Å². The maximum Gasteiger partial charge on any atom is 0.306 e. The molecule has 1 N–H and O–H groups in total. The van der Waals surface area contributed by atoms with Crippen LogP contribution < -0.4 is 0 Å². The number of hydrogen-bond acceptors (Lipinski definition) is 3. The lowest BCUT2D eigenvalue weighted by molar-refractivity contribution is -0.143. The minimum Gasteiger partial charge on any atom is -0.481 e. The number of halogens is 2. The zero-order valence-corrected chi connectivity index (χ0v) is 14.5. The number of aromatic nitrogens is 1. The van der Waals surface area contributed by atoms with Crippen LogP contribution in [0.4, 0.5) is 0 Å². The van der Waals surface area contributed by atoms with Crippen LogP contribution in [0.1, 0.15) is 30.0 Å². The maximum atomic E-state index is 11.2. The Morgan fingerprint density at radius 1 is 1.17 bits per heavy atom. The standard InChI is InChI=1S/C18H18Cl2N2O2/c19-15-4-3-13(10-16(15)20)17(14-2-1-7-21-11-14)22-8-5-12(6-9-22)18(23)24/h1-4,7,10-12,17H,5-6,8-9H2,(H,23,24). The van der Waals surface area contributed by atoms with Gasteiger partial charge < -0.3 is 5.11 Å². The fourth-order valence-electron chi connectivity index (χ4n) is 3.24. The van der Waals surface area contributed by atoms with Crippen molar-refractivity contribution in [3.63, 3.8) is 0 Å². The first kappa shape index (κ1) is 17.2. The highest BCUT2D eigenvalue weighted by atomic mass is 35.5. The average Bonchev–Trinajstić information content (AvgIpc) is 2.60. The molecule has 1 saturated heterocycles. The van der Waals surface area contributed by atoms with E-state index in [0.29, 0.717) is 22.9 Å². The Balaban J connectivity index is 1.91. The van der Waals surface area contributed by atoms with Gasteiger partial charge in [-0.3, -0.25) is 14.7 Å².